The van der Waals surface area contributed by atoms with Gasteiger partial charge in [0.1, 0.15) is 17.9 Å². The van der Waals surface area contributed by atoms with Gasteiger partial charge in [-0.05, 0) is 31.9 Å². The number of carbonyl (C=O) groups is 5. The minimum atomic E-state index is -5.08. The highest BCUT2D eigenvalue weighted by Crippen LogP contribution is 2.37. The van der Waals surface area contributed by atoms with Gasteiger partial charge in [0.2, 0.25) is 0 Å². The van der Waals surface area contributed by atoms with Crippen molar-refractivity contribution in [3.05, 3.63) is 35.4 Å². The van der Waals surface area contributed by atoms with E-state index >= 15 is 0 Å². The molecule has 2 aliphatic rings. The van der Waals surface area contributed by atoms with Gasteiger partial charge in [0, 0.05) is 30.8 Å². The molecule has 2 fully saturated rings. The van der Waals surface area contributed by atoms with Crippen molar-refractivity contribution >= 4 is 35.6 Å². The second-order valence-corrected chi connectivity index (χ2v) is 7.93. The predicted octanol–water partition coefficient (Wildman–Crippen LogP) is 0.947. The molecule has 4 amide bonds. The Morgan fingerprint density at radius 2 is 1.53 bits per heavy atom. The van der Waals surface area contributed by atoms with Gasteiger partial charge in [-0.3, -0.25) is 24.7 Å². The highest BCUT2D eigenvalue weighted by molar-refractivity contribution is 6.09. The van der Waals surface area contributed by atoms with Crippen LogP contribution in [0.1, 0.15) is 35.7 Å². The SMILES string of the molecule is CCN1C(=O)N(CC(=O)O)C(=O)C12CCN(C(=O)c1ccc(C(=N)N)cc1)CC2.O=C(O)C(F)(F)F. The molecule has 2 aliphatic heterocycles. The van der Waals surface area contributed by atoms with Gasteiger partial charge in [0.15, 0.2) is 0 Å². The van der Waals surface area contributed by atoms with Gasteiger partial charge in [-0.1, -0.05) is 12.1 Å². The average molecular weight is 515 g/mol. The van der Waals surface area contributed by atoms with E-state index in [1.807, 2.05) is 0 Å². The number of rotatable bonds is 5. The quantitative estimate of drug-likeness (QED) is 0.254. The Kier molecular flexibility index (Phi) is 8.28. The Balaban J connectivity index is 0.000000572. The third-order valence-electron chi connectivity index (χ3n) is 5.79. The van der Waals surface area contributed by atoms with E-state index in [1.165, 1.54) is 4.90 Å². The molecular formula is C21H24F3N5O7. The normalized spacial score (nSPS) is 17.1. The summed E-state index contributed by atoms with van der Waals surface area (Å²) in [4.78, 5) is 62.0. The summed E-state index contributed by atoms with van der Waals surface area (Å²) in [7, 11) is 0. The molecule has 3 rings (SSSR count). The fraction of sp³-hybridized carbons (Fsp3) is 0.429. The van der Waals surface area contributed by atoms with Crippen LogP contribution in [-0.4, -0.2) is 98.4 Å². The summed E-state index contributed by atoms with van der Waals surface area (Å²) in [5.41, 5.74) is 5.29. The number of likely N-dealkylation sites (N-methyl/N-ethyl adjacent to an activating group) is 1. The van der Waals surface area contributed by atoms with Crippen LogP contribution in [0.2, 0.25) is 0 Å². The molecule has 1 aromatic rings. The third kappa shape index (κ3) is 5.72. The molecule has 5 N–H and O–H groups in total. The zero-order valence-electron chi connectivity index (χ0n) is 19.0. The summed E-state index contributed by atoms with van der Waals surface area (Å²) in [6.45, 7) is 1.89. The number of amidine groups is 1. The van der Waals surface area contributed by atoms with Crippen molar-refractivity contribution in [2.45, 2.75) is 31.5 Å². The van der Waals surface area contributed by atoms with Crippen molar-refractivity contribution in [2.24, 2.45) is 5.73 Å². The van der Waals surface area contributed by atoms with E-state index in [2.05, 4.69) is 0 Å². The number of benzene rings is 1. The van der Waals surface area contributed by atoms with E-state index in [0.29, 0.717) is 11.1 Å². The van der Waals surface area contributed by atoms with Crippen molar-refractivity contribution in [2.75, 3.05) is 26.2 Å². The number of hydrogen-bond donors (Lipinski definition) is 4. The number of likely N-dealkylation sites (tertiary alicyclic amines) is 1. The lowest BCUT2D eigenvalue weighted by atomic mass is 9.85. The van der Waals surface area contributed by atoms with E-state index in [0.717, 1.165) is 4.90 Å². The Labute approximate surface area is 202 Å². The second-order valence-electron chi connectivity index (χ2n) is 7.93. The van der Waals surface area contributed by atoms with Crippen LogP contribution in [-0.2, 0) is 14.4 Å². The number of carbonyl (C=O) groups excluding carboxylic acids is 3. The molecule has 12 nitrogen and oxygen atoms in total. The summed E-state index contributed by atoms with van der Waals surface area (Å²) in [6, 6.07) is 5.80. The van der Waals surface area contributed by atoms with E-state index in [1.54, 1.807) is 36.1 Å². The zero-order chi connectivity index (χ0) is 27.4. The zero-order valence-corrected chi connectivity index (χ0v) is 19.0. The molecule has 0 atom stereocenters. The number of halogens is 3. The Bertz CT molecular complexity index is 1070. The molecule has 0 saturated carbocycles. The lowest BCUT2D eigenvalue weighted by Gasteiger charge is -2.41. The predicted molar refractivity (Wildman–Crippen MR) is 116 cm³/mol. The molecule has 2 saturated heterocycles. The smallest absolute Gasteiger partial charge is 0.480 e. The summed E-state index contributed by atoms with van der Waals surface area (Å²) < 4.78 is 31.7. The standard InChI is InChI=1S/C19H23N5O5.C2HF3O2/c1-2-24-18(29)23(11-14(25)26)17(28)19(24)7-9-22(10-8-19)16(27)13-5-3-12(4-6-13)15(20)21;3-2(4,5)1(6)7/h3-6H,2,7-11H2,1H3,(H3,20,21)(H,25,26);(H,6,7). The number of nitrogen functional groups attached to an aromatic ring is 1. The molecule has 0 bridgehead atoms. The number of imide groups is 1. The maximum Gasteiger partial charge on any atom is 0.490 e. The lowest BCUT2D eigenvalue weighted by Crippen LogP contribution is -2.57. The van der Waals surface area contributed by atoms with Crippen LogP contribution >= 0.6 is 0 Å². The van der Waals surface area contributed by atoms with E-state index in [-0.39, 0.29) is 44.2 Å². The maximum atomic E-state index is 12.9. The van der Waals surface area contributed by atoms with Crippen LogP contribution in [0, 0.1) is 5.41 Å². The van der Waals surface area contributed by atoms with Crippen molar-refractivity contribution in [3.63, 3.8) is 0 Å². The minimum Gasteiger partial charge on any atom is -0.480 e. The molecular weight excluding hydrogens is 491 g/mol. The van der Waals surface area contributed by atoms with Gasteiger partial charge in [-0.15, -0.1) is 0 Å². The number of hydrogen-bond acceptors (Lipinski definition) is 6. The molecule has 1 aromatic carbocycles. The highest BCUT2D eigenvalue weighted by Gasteiger charge is 2.58. The number of urea groups is 1. The first-order chi connectivity index (χ1) is 16.7. The van der Waals surface area contributed by atoms with Crippen molar-refractivity contribution in [1.82, 2.24) is 14.7 Å². The number of nitrogens with zero attached hydrogens (tertiary/aromatic N) is 3. The molecule has 0 radical (unpaired) electrons. The molecule has 0 aliphatic carbocycles. The number of nitrogens with one attached hydrogen (secondary N) is 1. The van der Waals surface area contributed by atoms with Crippen LogP contribution in [0.5, 0.6) is 0 Å². The van der Waals surface area contributed by atoms with Crippen LogP contribution in [0.3, 0.4) is 0 Å². The molecule has 0 aromatic heterocycles. The summed E-state index contributed by atoms with van der Waals surface area (Å²) >= 11 is 0. The van der Waals surface area contributed by atoms with E-state index < -0.39 is 42.1 Å². The maximum absolute atomic E-state index is 12.9. The Hall–Kier alpha value is -4.17. The number of piperidine rings is 1. The van der Waals surface area contributed by atoms with Crippen LogP contribution in [0.25, 0.3) is 0 Å². The minimum absolute atomic E-state index is 0.0844. The van der Waals surface area contributed by atoms with Gasteiger partial charge in [-0.2, -0.15) is 13.2 Å². The molecule has 0 unspecified atom stereocenters. The number of carboxylic acids is 2. The summed E-state index contributed by atoms with van der Waals surface area (Å²) in [5, 5.41) is 23.5. The van der Waals surface area contributed by atoms with E-state index in [9.17, 15) is 32.3 Å². The molecule has 2 heterocycles. The number of aliphatic carboxylic acids is 2. The number of carboxylic acid groups (broad SMARTS) is 2. The van der Waals surface area contributed by atoms with Gasteiger partial charge in [-0.25, -0.2) is 9.59 Å². The van der Waals surface area contributed by atoms with E-state index in [4.69, 9.17) is 26.2 Å². The van der Waals surface area contributed by atoms with Crippen molar-refractivity contribution in [3.8, 4) is 0 Å². The van der Waals surface area contributed by atoms with Crippen LogP contribution < -0.4 is 5.73 Å². The third-order valence-corrected chi connectivity index (χ3v) is 5.79. The van der Waals surface area contributed by atoms with Crippen LogP contribution in [0.15, 0.2) is 24.3 Å². The monoisotopic (exact) mass is 515 g/mol. The molecule has 36 heavy (non-hydrogen) atoms. The largest absolute Gasteiger partial charge is 0.490 e. The first-order valence-corrected chi connectivity index (χ1v) is 10.5. The van der Waals surface area contributed by atoms with Gasteiger partial charge < -0.3 is 25.7 Å². The van der Waals surface area contributed by atoms with Gasteiger partial charge in [0.05, 0.1) is 0 Å². The number of nitrogens with two attached hydrogens (primary N) is 1. The fourth-order valence-corrected chi connectivity index (χ4v) is 4.03. The van der Waals surface area contributed by atoms with Crippen molar-refractivity contribution in [1.29, 1.82) is 5.41 Å². The van der Waals surface area contributed by atoms with Gasteiger partial charge in [0.25, 0.3) is 11.8 Å². The number of alkyl halides is 3. The highest BCUT2D eigenvalue weighted by atomic mass is 19.4. The summed E-state index contributed by atoms with van der Waals surface area (Å²) in [6.07, 6.45) is -4.59. The fourth-order valence-electron chi connectivity index (χ4n) is 4.03. The van der Waals surface area contributed by atoms with Crippen LogP contribution in [0.4, 0.5) is 18.0 Å². The van der Waals surface area contributed by atoms with Gasteiger partial charge >= 0.3 is 24.1 Å². The average Bonchev–Trinajstić information content (AvgIpc) is 2.99. The molecule has 1 spiro atoms. The molecule has 15 heteroatoms. The van der Waals surface area contributed by atoms with Crippen molar-refractivity contribution < 1.29 is 47.4 Å². The Morgan fingerprint density at radius 3 is 1.92 bits per heavy atom. The summed E-state index contributed by atoms with van der Waals surface area (Å²) in [5.74, 6) is -4.81. The lowest BCUT2D eigenvalue weighted by molar-refractivity contribution is -0.192. The second kappa shape index (κ2) is 10.6. The molecule has 196 valence electrons. The topological polar surface area (TPSA) is 185 Å². The first kappa shape index (κ1) is 28.1. The number of amides is 4. The first-order valence-electron chi connectivity index (χ1n) is 10.5. The Morgan fingerprint density at radius 1 is 1.06 bits per heavy atom.